The second-order valence-electron chi connectivity index (χ2n) is 3.26. The summed E-state index contributed by atoms with van der Waals surface area (Å²) in [6.07, 6.45) is 0. The number of nitro groups is 2. The van der Waals surface area contributed by atoms with E-state index >= 15 is 0 Å². The molecule has 0 saturated heterocycles. The zero-order valence-electron chi connectivity index (χ0n) is 8.87. The molecule has 0 aliphatic rings. The minimum atomic E-state index is -1.04. The predicted octanol–water partition coefficient (Wildman–Crippen LogP) is 2.31. The molecule has 1 aromatic carbocycles. The van der Waals surface area contributed by atoms with E-state index in [2.05, 4.69) is 4.98 Å². The highest BCUT2D eigenvalue weighted by molar-refractivity contribution is 5.78. The Morgan fingerprint density at radius 1 is 1.12 bits per heavy atom. The van der Waals surface area contributed by atoms with Crippen molar-refractivity contribution in [2.75, 3.05) is 0 Å². The summed E-state index contributed by atoms with van der Waals surface area (Å²) in [5.41, 5.74) is -2.25. The zero-order chi connectivity index (χ0) is 13.3. The Kier molecular flexibility index (Phi) is 2.90. The van der Waals surface area contributed by atoms with Gasteiger partial charge in [0.05, 0.1) is 9.85 Å². The Hall–Kier alpha value is -2.76. The van der Waals surface area contributed by atoms with Crippen LogP contribution >= 0.6 is 0 Å². The minimum absolute atomic E-state index is 0.141. The lowest BCUT2D eigenvalue weighted by molar-refractivity contribution is -0.396. The maximum absolute atomic E-state index is 10.7. The minimum Gasteiger partial charge on any atom is -0.497 e. The van der Waals surface area contributed by atoms with Gasteiger partial charge in [-0.2, -0.15) is 0 Å². The van der Waals surface area contributed by atoms with Crippen molar-refractivity contribution in [1.29, 1.82) is 5.39 Å². The molecule has 17 heavy (non-hydrogen) atoms. The molecule has 0 radical (unpaired) electrons. The van der Waals surface area contributed by atoms with E-state index in [0.717, 1.165) is 0 Å². The van der Waals surface area contributed by atoms with Gasteiger partial charge in [0.25, 0.3) is 5.75 Å². The summed E-state index contributed by atoms with van der Waals surface area (Å²) in [5, 5.41) is 39.6. The molecule has 0 amide bonds. The van der Waals surface area contributed by atoms with Gasteiger partial charge in [0.15, 0.2) is 4.98 Å². The number of phenolic OH excluding ortho intramolecular Hbond substituents is 1. The molecule has 0 atom stereocenters. The summed E-state index contributed by atoms with van der Waals surface area (Å²) in [6, 6.07) is 0. The average molecular weight is 239 g/mol. The molecule has 1 rings (SSSR count). The molecule has 9 nitrogen and oxygen atoms in total. The number of nitro benzene ring substituents is 2. The number of aromatic hydroxyl groups is 1. The molecule has 1 aromatic rings. The van der Waals surface area contributed by atoms with Crippen LogP contribution in [0.5, 0.6) is 5.75 Å². The Labute approximate surface area is 94.2 Å². The third kappa shape index (κ3) is 1.71. The molecular weight excluding hydrogens is 232 g/mol. The molecular formula is C8H7N4O5+. The SMILES string of the molecule is Cc1c([N+]#N)c(C)c([N+](=O)[O-])c(O)c1[N+](=O)[O-]. The smallest absolute Gasteiger partial charge is 0.404 e. The largest absolute Gasteiger partial charge is 0.497 e. The zero-order valence-corrected chi connectivity index (χ0v) is 8.87. The topological polar surface area (TPSA) is 135 Å². The first-order valence-corrected chi connectivity index (χ1v) is 4.32. The van der Waals surface area contributed by atoms with Gasteiger partial charge in [0, 0.05) is 0 Å². The van der Waals surface area contributed by atoms with E-state index in [1.54, 1.807) is 0 Å². The van der Waals surface area contributed by atoms with E-state index < -0.39 is 27.0 Å². The molecule has 0 bridgehead atoms. The summed E-state index contributed by atoms with van der Waals surface area (Å²) in [5.74, 6) is -1.04. The molecule has 0 fully saturated rings. The van der Waals surface area contributed by atoms with Crippen molar-refractivity contribution < 1.29 is 15.0 Å². The normalized spacial score (nSPS) is 9.71. The third-order valence-corrected chi connectivity index (χ3v) is 2.33. The van der Waals surface area contributed by atoms with Crippen molar-refractivity contribution in [2.24, 2.45) is 0 Å². The van der Waals surface area contributed by atoms with Gasteiger partial charge in [-0.15, -0.1) is 0 Å². The number of nitrogens with zero attached hydrogens (tertiary/aromatic N) is 4. The fourth-order valence-corrected chi connectivity index (χ4v) is 1.57. The molecule has 0 unspecified atom stereocenters. The standard InChI is InChI=1S/C8H6N4O5/c1-3-5(10-9)4(2)7(12(16)17)8(13)6(3)11(14)15/h1-2H3/p+1. The van der Waals surface area contributed by atoms with Crippen LogP contribution in [0.4, 0.5) is 17.1 Å². The number of rotatable bonds is 2. The second kappa shape index (κ2) is 4.01. The van der Waals surface area contributed by atoms with Crippen molar-refractivity contribution in [1.82, 2.24) is 0 Å². The maximum atomic E-state index is 10.7. The predicted molar refractivity (Wildman–Crippen MR) is 55.6 cm³/mol. The number of diazo groups is 1. The highest BCUT2D eigenvalue weighted by Crippen LogP contribution is 2.46. The summed E-state index contributed by atoms with van der Waals surface area (Å²) in [6.45, 7) is 2.45. The molecule has 0 aliphatic heterocycles. The van der Waals surface area contributed by atoms with E-state index in [4.69, 9.17) is 5.39 Å². The first-order valence-electron chi connectivity index (χ1n) is 4.32. The van der Waals surface area contributed by atoms with Crippen LogP contribution in [0.25, 0.3) is 4.98 Å². The van der Waals surface area contributed by atoms with Gasteiger partial charge in [0.2, 0.25) is 5.39 Å². The second-order valence-corrected chi connectivity index (χ2v) is 3.26. The Bertz CT molecular complexity index is 533. The molecule has 0 heterocycles. The fraction of sp³-hybridized carbons (Fsp3) is 0.250. The summed E-state index contributed by atoms with van der Waals surface area (Å²) < 4.78 is 0. The van der Waals surface area contributed by atoms with E-state index in [0.29, 0.717) is 0 Å². The number of phenols is 1. The van der Waals surface area contributed by atoms with Gasteiger partial charge in [-0.25, -0.2) is 0 Å². The van der Waals surface area contributed by atoms with Crippen LogP contribution in [0, 0.1) is 39.5 Å². The summed E-state index contributed by atoms with van der Waals surface area (Å²) >= 11 is 0. The van der Waals surface area contributed by atoms with Crippen LogP contribution in [0.1, 0.15) is 11.1 Å². The molecule has 0 saturated carbocycles. The average Bonchev–Trinajstić information content (AvgIpc) is 2.16. The highest BCUT2D eigenvalue weighted by atomic mass is 16.6. The Balaban J connectivity index is 3.91. The van der Waals surface area contributed by atoms with Crippen LogP contribution < -0.4 is 0 Å². The van der Waals surface area contributed by atoms with E-state index in [1.165, 1.54) is 13.8 Å². The van der Waals surface area contributed by atoms with Gasteiger partial charge >= 0.3 is 17.1 Å². The van der Waals surface area contributed by atoms with Gasteiger partial charge < -0.3 is 5.11 Å². The Morgan fingerprint density at radius 2 is 1.47 bits per heavy atom. The lowest BCUT2D eigenvalue weighted by Crippen LogP contribution is -1.99. The molecule has 0 aromatic heterocycles. The quantitative estimate of drug-likeness (QED) is 0.477. The number of benzene rings is 1. The van der Waals surface area contributed by atoms with Crippen LogP contribution in [0.2, 0.25) is 0 Å². The maximum Gasteiger partial charge on any atom is 0.404 e. The van der Waals surface area contributed by atoms with Gasteiger partial charge in [-0.1, -0.05) is 0 Å². The van der Waals surface area contributed by atoms with E-state index in [9.17, 15) is 25.3 Å². The van der Waals surface area contributed by atoms with Gasteiger partial charge in [-0.3, -0.25) is 20.2 Å². The van der Waals surface area contributed by atoms with E-state index in [-0.39, 0.29) is 16.8 Å². The van der Waals surface area contributed by atoms with Gasteiger partial charge in [-0.05, 0) is 13.8 Å². The van der Waals surface area contributed by atoms with Gasteiger partial charge in [0.1, 0.15) is 11.1 Å². The highest BCUT2D eigenvalue weighted by Gasteiger charge is 2.39. The fourth-order valence-electron chi connectivity index (χ4n) is 1.57. The lowest BCUT2D eigenvalue weighted by atomic mass is 10.0. The number of hydrogen-bond acceptors (Lipinski definition) is 6. The molecule has 88 valence electrons. The van der Waals surface area contributed by atoms with Crippen LogP contribution in [0.15, 0.2) is 0 Å². The molecule has 0 spiro atoms. The van der Waals surface area contributed by atoms with Crippen molar-refractivity contribution in [3.63, 3.8) is 0 Å². The Morgan fingerprint density at radius 3 is 1.71 bits per heavy atom. The van der Waals surface area contributed by atoms with Crippen molar-refractivity contribution >= 4 is 17.1 Å². The lowest BCUT2D eigenvalue weighted by Gasteiger charge is -2.01. The monoisotopic (exact) mass is 239 g/mol. The summed E-state index contributed by atoms with van der Waals surface area (Å²) in [4.78, 5) is 22.2. The summed E-state index contributed by atoms with van der Waals surface area (Å²) in [7, 11) is 0. The van der Waals surface area contributed by atoms with Crippen molar-refractivity contribution in [2.45, 2.75) is 13.8 Å². The van der Waals surface area contributed by atoms with Crippen LogP contribution in [-0.2, 0) is 0 Å². The first-order chi connectivity index (χ1) is 7.82. The van der Waals surface area contributed by atoms with Crippen LogP contribution in [-0.4, -0.2) is 15.0 Å². The number of hydrogen-bond donors (Lipinski definition) is 1. The molecule has 0 aliphatic carbocycles. The molecule has 1 N–H and O–H groups in total. The third-order valence-electron chi connectivity index (χ3n) is 2.33. The van der Waals surface area contributed by atoms with E-state index in [1.807, 2.05) is 0 Å². The van der Waals surface area contributed by atoms with Crippen molar-refractivity contribution in [3.05, 3.63) is 36.3 Å². The first kappa shape index (κ1) is 12.3. The van der Waals surface area contributed by atoms with Crippen LogP contribution in [0.3, 0.4) is 0 Å². The molecule has 9 heteroatoms. The van der Waals surface area contributed by atoms with Crippen molar-refractivity contribution in [3.8, 4) is 5.75 Å².